The molecule has 2 N–H and O–H groups in total. The zero-order valence-electron chi connectivity index (χ0n) is 25.8. The molecule has 4 rings (SSSR count). The number of nitrogens with zero attached hydrogens (tertiary/aromatic N) is 3. The van der Waals surface area contributed by atoms with E-state index in [0.29, 0.717) is 36.3 Å². The van der Waals surface area contributed by atoms with Crippen molar-refractivity contribution in [1.29, 1.82) is 5.26 Å². The Morgan fingerprint density at radius 1 is 1.10 bits per heavy atom. The minimum absolute atomic E-state index is 0.116. The maximum absolute atomic E-state index is 12.8. The highest BCUT2D eigenvalue weighted by Crippen LogP contribution is 2.39. The SMILES string of the molecule is CC(C)(C)OC(=O)Nc1cc(-c2cnccc2CCO[Si](C)(C)C(C)(C)C)cc2cc(NC(=O)[C@@H]3C[C@H]3C#N)ncc12. The zero-order chi connectivity index (χ0) is 30.9. The second-order valence-corrected chi connectivity index (χ2v) is 18.2. The molecule has 222 valence electrons. The Hall–Kier alpha value is -3.81. The van der Waals surface area contributed by atoms with Crippen LogP contribution in [0.1, 0.15) is 53.5 Å². The first-order chi connectivity index (χ1) is 19.6. The van der Waals surface area contributed by atoms with Crippen molar-refractivity contribution in [1.82, 2.24) is 9.97 Å². The summed E-state index contributed by atoms with van der Waals surface area (Å²) in [6.45, 7) is 17.2. The van der Waals surface area contributed by atoms with Crippen LogP contribution in [0.2, 0.25) is 18.1 Å². The first-order valence-corrected chi connectivity index (χ1v) is 17.2. The molecule has 1 aliphatic carbocycles. The monoisotopic (exact) mass is 587 g/mol. The van der Waals surface area contributed by atoms with Gasteiger partial charge in [-0.15, -0.1) is 0 Å². The van der Waals surface area contributed by atoms with Gasteiger partial charge in [-0.25, -0.2) is 9.78 Å². The molecule has 1 aliphatic rings. The van der Waals surface area contributed by atoms with E-state index >= 15 is 0 Å². The quantitative estimate of drug-likeness (QED) is 0.265. The summed E-state index contributed by atoms with van der Waals surface area (Å²) in [4.78, 5) is 34.2. The molecule has 2 aromatic heterocycles. The van der Waals surface area contributed by atoms with Crippen molar-refractivity contribution in [2.24, 2.45) is 11.8 Å². The number of nitrogens with one attached hydrogen (secondary N) is 2. The van der Waals surface area contributed by atoms with Crippen LogP contribution < -0.4 is 10.6 Å². The third kappa shape index (κ3) is 7.52. The smallest absolute Gasteiger partial charge is 0.412 e. The van der Waals surface area contributed by atoms with Crippen molar-refractivity contribution < 1.29 is 18.8 Å². The first-order valence-electron chi connectivity index (χ1n) is 14.3. The second-order valence-electron chi connectivity index (χ2n) is 13.4. The topological polar surface area (TPSA) is 126 Å². The van der Waals surface area contributed by atoms with E-state index in [9.17, 15) is 9.59 Å². The molecular weight excluding hydrogens is 546 g/mol. The molecule has 1 aromatic carbocycles. The number of carbonyl (C=O) groups is 2. The lowest BCUT2D eigenvalue weighted by molar-refractivity contribution is -0.117. The largest absolute Gasteiger partial charge is 0.444 e. The Bertz CT molecular complexity index is 1530. The Morgan fingerprint density at radius 3 is 2.48 bits per heavy atom. The standard InChI is InChI=1S/C32H41N5O4Si/c1-31(2,3)41-30(39)36-27-15-21(25-18-34-11-9-20(25)10-12-40-42(7,8)32(4,5)6)13-22-16-28(35-19-26(22)27)37-29(38)24-14-23(24)17-33/h9,11,13,15-16,18-19,23-24H,10,12,14H2,1-8H3,(H,36,39)(H,35,37,38)/t23-,24+/m0/s1. The molecule has 1 saturated carbocycles. The first kappa shape index (κ1) is 31.1. The van der Waals surface area contributed by atoms with Crippen molar-refractivity contribution in [2.45, 2.75) is 78.1 Å². The van der Waals surface area contributed by atoms with Crippen molar-refractivity contribution in [3.63, 3.8) is 0 Å². The lowest BCUT2D eigenvalue weighted by atomic mass is 9.97. The number of hydrogen-bond acceptors (Lipinski definition) is 7. The van der Waals surface area contributed by atoms with Crippen LogP contribution in [-0.4, -0.2) is 42.5 Å². The van der Waals surface area contributed by atoms with Crippen LogP contribution in [0.3, 0.4) is 0 Å². The second kappa shape index (κ2) is 11.8. The molecular formula is C32H41N5O4Si. The van der Waals surface area contributed by atoms with Gasteiger partial charge in [0.25, 0.3) is 0 Å². The van der Waals surface area contributed by atoms with Crippen molar-refractivity contribution in [3.8, 4) is 17.2 Å². The number of ether oxygens (including phenoxy) is 1. The van der Waals surface area contributed by atoms with Gasteiger partial charge < -0.3 is 14.5 Å². The lowest BCUT2D eigenvalue weighted by Gasteiger charge is -2.36. The minimum atomic E-state index is -1.91. The average molecular weight is 588 g/mol. The minimum Gasteiger partial charge on any atom is -0.444 e. The summed E-state index contributed by atoms with van der Waals surface area (Å²) in [5, 5.41) is 16.4. The van der Waals surface area contributed by atoms with Gasteiger partial charge in [-0.3, -0.25) is 15.1 Å². The van der Waals surface area contributed by atoms with Crippen LogP contribution in [0, 0.1) is 23.2 Å². The van der Waals surface area contributed by atoms with Crippen molar-refractivity contribution in [3.05, 3.63) is 48.4 Å². The summed E-state index contributed by atoms with van der Waals surface area (Å²) in [7, 11) is -1.91. The van der Waals surface area contributed by atoms with Gasteiger partial charge >= 0.3 is 6.09 Å². The normalized spacial score (nSPS) is 16.9. The van der Waals surface area contributed by atoms with Crippen molar-refractivity contribution in [2.75, 3.05) is 17.2 Å². The zero-order valence-corrected chi connectivity index (χ0v) is 26.8. The number of carbonyl (C=O) groups excluding carboxylic acids is 2. The van der Waals surface area contributed by atoms with Gasteiger partial charge in [0.15, 0.2) is 8.32 Å². The summed E-state index contributed by atoms with van der Waals surface area (Å²) in [5.41, 5.74) is 2.70. The Kier molecular flexibility index (Phi) is 8.76. The van der Waals surface area contributed by atoms with Crippen LogP contribution in [0.15, 0.2) is 42.9 Å². The fourth-order valence-corrected chi connectivity index (χ4v) is 5.42. The Balaban J connectivity index is 1.69. The number of rotatable bonds is 8. The summed E-state index contributed by atoms with van der Waals surface area (Å²) >= 11 is 0. The molecule has 0 spiro atoms. The molecule has 0 radical (unpaired) electrons. The molecule has 0 aliphatic heterocycles. The predicted octanol–water partition coefficient (Wildman–Crippen LogP) is 7.31. The molecule has 0 saturated heterocycles. The maximum atomic E-state index is 12.8. The fourth-order valence-electron chi connectivity index (χ4n) is 4.38. The van der Waals surface area contributed by atoms with E-state index in [0.717, 1.165) is 22.1 Å². The predicted molar refractivity (Wildman–Crippen MR) is 168 cm³/mol. The molecule has 10 heteroatoms. The number of fused-ring (bicyclic) bond motifs is 1. The van der Waals surface area contributed by atoms with Gasteiger partial charge in [0.05, 0.1) is 23.6 Å². The molecule has 2 amide bonds. The Labute approximate surface area is 249 Å². The van der Waals surface area contributed by atoms with Crippen LogP contribution in [0.4, 0.5) is 16.3 Å². The van der Waals surface area contributed by atoms with E-state index in [1.54, 1.807) is 18.5 Å². The average Bonchev–Trinajstić information content (AvgIpc) is 3.67. The van der Waals surface area contributed by atoms with E-state index in [4.69, 9.17) is 14.4 Å². The Morgan fingerprint density at radius 2 is 1.83 bits per heavy atom. The number of hydrogen-bond donors (Lipinski definition) is 2. The van der Waals surface area contributed by atoms with Crippen LogP contribution >= 0.6 is 0 Å². The maximum Gasteiger partial charge on any atom is 0.412 e. The number of benzene rings is 1. The third-order valence-corrected chi connectivity index (χ3v) is 12.4. The molecule has 1 fully saturated rings. The number of anilines is 2. The molecule has 0 bridgehead atoms. The summed E-state index contributed by atoms with van der Waals surface area (Å²) in [6, 6.07) is 9.80. The summed E-state index contributed by atoms with van der Waals surface area (Å²) < 4.78 is 12.0. The van der Waals surface area contributed by atoms with Gasteiger partial charge in [0.2, 0.25) is 5.91 Å². The number of amides is 2. The van der Waals surface area contributed by atoms with Gasteiger partial charge in [-0.05, 0) is 92.5 Å². The third-order valence-electron chi connectivity index (χ3n) is 7.88. The van der Waals surface area contributed by atoms with Crippen LogP contribution in [-0.2, 0) is 20.4 Å². The van der Waals surface area contributed by atoms with Crippen LogP contribution in [0.5, 0.6) is 0 Å². The molecule has 2 atom stereocenters. The van der Waals surface area contributed by atoms with Crippen LogP contribution in [0.25, 0.3) is 21.9 Å². The molecule has 42 heavy (non-hydrogen) atoms. The van der Waals surface area contributed by atoms with E-state index in [-0.39, 0.29) is 22.8 Å². The molecule has 2 heterocycles. The van der Waals surface area contributed by atoms with Gasteiger partial charge in [0.1, 0.15) is 11.4 Å². The highest BCUT2D eigenvalue weighted by molar-refractivity contribution is 6.74. The lowest BCUT2D eigenvalue weighted by Crippen LogP contribution is -2.41. The number of nitriles is 1. The highest BCUT2D eigenvalue weighted by atomic mass is 28.4. The van der Waals surface area contributed by atoms with Gasteiger partial charge in [0, 0.05) is 36.1 Å². The summed E-state index contributed by atoms with van der Waals surface area (Å²) in [5.74, 6) is -0.389. The van der Waals surface area contributed by atoms with Gasteiger partial charge in [-0.2, -0.15) is 5.26 Å². The van der Waals surface area contributed by atoms with E-state index in [1.807, 2.05) is 45.2 Å². The molecule has 9 nitrogen and oxygen atoms in total. The molecule has 3 aromatic rings. The van der Waals surface area contributed by atoms with Gasteiger partial charge in [-0.1, -0.05) is 20.8 Å². The summed E-state index contributed by atoms with van der Waals surface area (Å²) in [6.07, 6.45) is 5.90. The van der Waals surface area contributed by atoms with E-state index in [2.05, 4.69) is 60.5 Å². The van der Waals surface area contributed by atoms with Crippen molar-refractivity contribution >= 4 is 42.6 Å². The highest BCUT2D eigenvalue weighted by Gasteiger charge is 2.43. The van der Waals surface area contributed by atoms with E-state index < -0.39 is 20.0 Å². The van der Waals surface area contributed by atoms with E-state index in [1.165, 1.54) is 0 Å². The fraction of sp³-hybridized carbons (Fsp3) is 0.469. The molecule has 0 unspecified atom stereocenters. The number of aromatic nitrogens is 2. The number of pyridine rings is 2.